The number of nitrogens with zero attached hydrogens (tertiary/aromatic N) is 1. The zero-order chi connectivity index (χ0) is 13.8. The van der Waals surface area contributed by atoms with Gasteiger partial charge in [-0.15, -0.1) is 0 Å². The van der Waals surface area contributed by atoms with Crippen molar-refractivity contribution < 1.29 is 9.13 Å². The number of hydrazine groups is 1. The van der Waals surface area contributed by atoms with Gasteiger partial charge in [0.15, 0.2) is 0 Å². The molecule has 0 saturated carbocycles. The molecule has 19 heavy (non-hydrogen) atoms. The van der Waals surface area contributed by atoms with Gasteiger partial charge in [0.05, 0.1) is 18.8 Å². The zero-order valence-electron chi connectivity index (χ0n) is 11.5. The number of benzene rings is 1. The third-order valence-corrected chi connectivity index (χ3v) is 3.73. The average molecular weight is 267 g/mol. The van der Waals surface area contributed by atoms with Gasteiger partial charge in [-0.25, -0.2) is 4.39 Å². The molecule has 0 spiro atoms. The minimum absolute atomic E-state index is 0.0548. The van der Waals surface area contributed by atoms with Crippen molar-refractivity contribution in [1.82, 2.24) is 10.3 Å². The summed E-state index contributed by atoms with van der Waals surface area (Å²) in [6.07, 6.45) is -0.0548. The van der Waals surface area contributed by atoms with Gasteiger partial charge in [-0.05, 0) is 30.7 Å². The first-order chi connectivity index (χ1) is 9.15. The number of hydrogen-bond donors (Lipinski definition) is 2. The van der Waals surface area contributed by atoms with E-state index >= 15 is 0 Å². The molecular weight excluding hydrogens is 245 g/mol. The van der Waals surface area contributed by atoms with Crippen LogP contribution >= 0.6 is 0 Å². The molecule has 1 aromatic carbocycles. The summed E-state index contributed by atoms with van der Waals surface area (Å²) in [6.45, 7) is 7.29. The highest BCUT2D eigenvalue weighted by molar-refractivity contribution is 5.26. The van der Waals surface area contributed by atoms with E-state index in [1.807, 2.05) is 6.07 Å². The number of ether oxygens (including phenoxy) is 1. The minimum atomic E-state index is -0.207. The Kier molecular flexibility index (Phi) is 4.87. The Bertz CT molecular complexity index is 427. The van der Waals surface area contributed by atoms with Crippen LogP contribution in [0.4, 0.5) is 4.39 Å². The van der Waals surface area contributed by atoms with Crippen molar-refractivity contribution in [3.05, 3.63) is 35.1 Å². The molecule has 106 valence electrons. The Balaban J connectivity index is 2.16. The number of hydrogen-bond acceptors (Lipinski definition) is 4. The van der Waals surface area contributed by atoms with Gasteiger partial charge < -0.3 is 4.74 Å². The molecule has 0 amide bonds. The summed E-state index contributed by atoms with van der Waals surface area (Å²) in [6, 6.07) is 5.02. The predicted molar refractivity (Wildman–Crippen MR) is 73.1 cm³/mol. The molecular formula is C14H22FN3O. The minimum Gasteiger partial charge on any atom is -0.374 e. The molecule has 2 atom stereocenters. The van der Waals surface area contributed by atoms with Crippen LogP contribution < -0.4 is 11.3 Å². The van der Waals surface area contributed by atoms with Crippen molar-refractivity contribution in [1.29, 1.82) is 0 Å². The molecule has 1 fully saturated rings. The van der Waals surface area contributed by atoms with E-state index < -0.39 is 0 Å². The van der Waals surface area contributed by atoms with Crippen molar-refractivity contribution in [2.75, 3.05) is 26.2 Å². The highest BCUT2D eigenvalue weighted by atomic mass is 19.1. The second-order valence-electron chi connectivity index (χ2n) is 4.96. The molecule has 2 rings (SSSR count). The third kappa shape index (κ3) is 3.30. The van der Waals surface area contributed by atoms with E-state index in [4.69, 9.17) is 10.6 Å². The number of morpholine rings is 1. The predicted octanol–water partition coefficient (Wildman–Crippen LogP) is 1.36. The smallest absolute Gasteiger partial charge is 0.126 e. The lowest BCUT2D eigenvalue weighted by molar-refractivity contribution is -0.0456. The number of halogens is 1. The number of nitrogens with two attached hydrogens (primary N) is 1. The largest absolute Gasteiger partial charge is 0.374 e. The van der Waals surface area contributed by atoms with Crippen LogP contribution in [-0.2, 0) is 4.74 Å². The molecule has 0 bridgehead atoms. The second kappa shape index (κ2) is 6.43. The third-order valence-electron chi connectivity index (χ3n) is 3.73. The highest BCUT2D eigenvalue weighted by Gasteiger charge is 2.28. The molecule has 0 radical (unpaired) electrons. The highest BCUT2D eigenvalue weighted by Crippen LogP contribution is 2.23. The van der Waals surface area contributed by atoms with E-state index in [-0.39, 0.29) is 18.0 Å². The Morgan fingerprint density at radius 3 is 3.00 bits per heavy atom. The Morgan fingerprint density at radius 2 is 2.37 bits per heavy atom. The molecule has 1 aromatic rings. The standard InChI is InChI=1S/C14H22FN3O/c1-3-18-6-7-19-13(9-18)14(17-16)11-5-4-10(2)12(15)8-11/h4-5,8,13-14,17H,3,6-7,9,16H2,1-2H3. The van der Waals surface area contributed by atoms with Gasteiger partial charge in [0.25, 0.3) is 0 Å². The molecule has 3 N–H and O–H groups in total. The Morgan fingerprint density at radius 1 is 1.58 bits per heavy atom. The van der Waals surface area contributed by atoms with Crippen molar-refractivity contribution >= 4 is 0 Å². The van der Waals surface area contributed by atoms with Crippen molar-refractivity contribution in [2.24, 2.45) is 5.84 Å². The van der Waals surface area contributed by atoms with E-state index in [9.17, 15) is 4.39 Å². The molecule has 1 aliphatic rings. The summed E-state index contributed by atoms with van der Waals surface area (Å²) in [5.74, 6) is 5.43. The SMILES string of the molecule is CCN1CCOC(C(NN)c2ccc(C)c(F)c2)C1. The fraction of sp³-hybridized carbons (Fsp3) is 0.571. The summed E-state index contributed by atoms with van der Waals surface area (Å²) in [5.41, 5.74) is 4.23. The Labute approximate surface area is 113 Å². The van der Waals surface area contributed by atoms with Gasteiger partial charge in [0.2, 0.25) is 0 Å². The number of rotatable bonds is 4. The quantitative estimate of drug-likeness (QED) is 0.639. The van der Waals surface area contributed by atoms with Crippen LogP contribution in [0.5, 0.6) is 0 Å². The maximum atomic E-state index is 13.7. The molecule has 0 aromatic heterocycles. The van der Waals surface area contributed by atoms with Gasteiger partial charge in [-0.3, -0.25) is 16.2 Å². The van der Waals surface area contributed by atoms with Crippen LogP contribution in [0.15, 0.2) is 18.2 Å². The topological polar surface area (TPSA) is 50.5 Å². The first-order valence-corrected chi connectivity index (χ1v) is 6.71. The van der Waals surface area contributed by atoms with Crippen LogP contribution in [0.2, 0.25) is 0 Å². The van der Waals surface area contributed by atoms with Crippen LogP contribution in [0.1, 0.15) is 24.1 Å². The molecule has 0 aliphatic carbocycles. The van der Waals surface area contributed by atoms with E-state index in [0.717, 1.165) is 25.2 Å². The normalized spacial score (nSPS) is 22.4. The summed E-state index contributed by atoms with van der Waals surface area (Å²) in [4.78, 5) is 2.31. The van der Waals surface area contributed by atoms with E-state index in [0.29, 0.717) is 12.2 Å². The van der Waals surface area contributed by atoms with Gasteiger partial charge in [-0.1, -0.05) is 19.1 Å². The van der Waals surface area contributed by atoms with E-state index in [2.05, 4.69) is 17.2 Å². The van der Waals surface area contributed by atoms with E-state index in [1.165, 1.54) is 6.07 Å². The van der Waals surface area contributed by atoms with E-state index in [1.54, 1.807) is 13.0 Å². The lowest BCUT2D eigenvalue weighted by atomic mass is 9.99. The monoisotopic (exact) mass is 267 g/mol. The molecule has 1 saturated heterocycles. The van der Waals surface area contributed by atoms with Crippen LogP contribution in [0.3, 0.4) is 0 Å². The van der Waals surface area contributed by atoms with Crippen LogP contribution in [0, 0.1) is 12.7 Å². The molecule has 2 unspecified atom stereocenters. The van der Waals surface area contributed by atoms with Crippen molar-refractivity contribution in [2.45, 2.75) is 26.0 Å². The molecule has 5 heteroatoms. The van der Waals surface area contributed by atoms with Crippen LogP contribution in [-0.4, -0.2) is 37.2 Å². The van der Waals surface area contributed by atoms with Gasteiger partial charge in [0, 0.05) is 13.1 Å². The van der Waals surface area contributed by atoms with Gasteiger partial charge in [-0.2, -0.15) is 0 Å². The van der Waals surface area contributed by atoms with Crippen molar-refractivity contribution in [3.8, 4) is 0 Å². The summed E-state index contributed by atoms with van der Waals surface area (Å²) in [7, 11) is 0. The van der Waals surface area contributed by atoms with Gasteiger partial charge in [0.1, 0.15) is 5.82 Å². The summed E-state index contributed by atoms with van der Waals surface area (Å²) < 4.78 is 19.4. The Hall–Kier alpha value is -1.01. The first-order valence-electron chi connectivity index (χ1n) is 6.71. The summed E-state index contributed by atoms with van der Waals surface area (Å²) >= 11 is 0. The van der Waals surface area contributed by atoms with Crippen LogP contribution in [0.25, 0.3) is 0 Å². The maximum absolute atomic E-state index is 13.7. The number of nitrogens with one attached hydrogen (secondary N) is 1. The average Bonchev–Trinajstić information content (AvgIpc) is 2.44. The molecule has 1 aliphatic heterocycles. The lowest BCUT2D eigenvalue weighted by Crippen LogP contribution is -2.49. The zero-order valence-corrected chi connectivity index (χ0v) is 11.5. The fourth-order valence-electron chi connectivity index (χ4n) is 2.44. The lowest BCUT2D eigenvalue weighted by Gasteiger charge is -2.36. The maximum Gasteiger partial charge on any atom is 0.126 e. The fourth-order valence-corrected chi connectivity index (χ4v) is 2.44. The summed E-state index contributed by atoms with van der Waals surface area (Å²) in [5, 5.41) is 0. The van der Waals surface area contributed by atoms with Crippen molar-refractivity contribution in [3.63, 3.8) is 0 Å². The molecule has 4 nitrogen and oxygen atoms in total. The number of likely N-dealkylation sites (N-methyl/N-ethyl adjacent to an activating group) is 1. The molecule has 1 heterocycles. The number of aryl methyl sites for hydroxylation is 1. The second-order valence-corrected chi connectivity index (χ2v) is 4.96. The first kappa shape index (κ1) is 14.4. The van der Waals surface area contributed by atoms with Gasteiger partial charge >= 0.3 is 0 Å².